The van der Waals surface area contributed by atoms with Gasteiger partial charge in [0, 0.05) is 12.6 Å². The van der Waals surface area contributed by atoms with Crippen molar-refractivity contribution >= 4 is 5.97 Å². The summed E-state index contributed by atoms with van der Waals surface area (Å²) in [6.07, 6.45) is -2.17. The molecule has 0 amide bonds. The smallest absolute Gasteiger partial charge is 0.403 e. The van der Waals surface area contributed by atoms with Crippen LogP contribution in [0.5, 0.6) is 0 Å². The summed E-state index contributed by atoms with van der Waals surface area (Å²) >= 11 is 0. The fourth-order valence-electron chi connectivity index (χ4n) is 2.46. The van der Waals surface area contributed by atoms with Crippen molar-refractivity contribution < 1.29 is 27.8 Å². The number of aliphatic carboxylic acids is 1. The van der Waals surface area contributed by atoms with Crippen LogP contribution in [-0.2, 0) is 9.53 Å². The maximum Gasteiger partial charge on any atom is 0.403 e. The highest BCUT2D eigenvalue weighted by Crippen LogP contribution is 2.35. The van der Waals surface area contributed by atoms with E-state index in [1.165, 1.54) is 0 Å². The lowest BCUT2D eigenvalue weighted by Crippen LogP contribution is -2.45. The van der Waals surface area contributed by atoms with E-state index in [1.807, 2.05) is 0 Å². The Hall–Kier alpha value is -0.820. The van der Waals surface area contributed by atoms with Gasteiger partial charge in [-0.3, -0.25) is 4.79 Å². The van der Waals surface area contributed by atoms with E-state index < -0.39 is 24.6 Å². The van der Waals surface area contributed by atoms with E-state index in [-0.39, 0.29) is 18.2 Å². The molecule has 0 aromatic carbocycles. The molecule has 2 saturated heterocycles. The predicted molar refractivity (Wildman–Crippen MR) is 51.5 cm³/mol. The summed E-state index contributed by atoms with van der Waals surface area (Å²) in [4.78, 5) is 10.5. The molecule has 2 fully saturated rings. The molecular formula is C10H14F3NO3. The van der Waals surface area contributed by atoms with Gasteiger partial charge in [0.05, 0.1) is 12.2 Å². The first-order chi connectivity index (χ1) is 7.88. The first-order valence-electron chi connectivity index (χ1n) is 5.56. The topological polar surface area (TPSA) is 58.6 Å². The molecule has 2 bridgehead atoms. The summed E-state index contributed by atoms with van der Waals surface area (Å²) in [5, 5.41) is 11.2. The number of carboxylic acids is 1. The van der Waals surface area contributed by atoms with Crippen LogP contribution in [0.4, 0.5) is 13.2 Å². The third-order valence-corrected chi connectivity index (χ3v) is 3.38. The summed E-state index contributed by atoms with van der Waals surface area (Å²) in [6, 6.07) is -0.141. The fraction of sp³-hybridized carbons (Fsp3) is 0.900. The van der Waals surface area contributed by atoms with Crippen LogP contribution >= 0.6 is 0 Å². The SMILES string of the molecule is O=C(O)C(CNC1CC2CCC1O2)C(F)(F)F. The summed E-state index contributed by atoms with van der Waals surface area (Å²) in [7, 11) is 0. The van der Waals surface area contributed by atoms with Gasteiger partial charge >= 0.3 is 12.1 Å². The molecule has 2 heterocycles. The van der Waals surface area contributed by atoms with Crippen LogP contribution in [0, 0.1) is 5.92 Å². The normalized spacial score (nSPS) is 33.9. The zero-order valence-corrected chi connectivity index (χ0v) is 9.04. The third kappa shape index (κ3) is 2.71. The number of alkyl halides is 3. The Kier molecular flexibility index (Phi) is 3.31. The Morgan fingerprint density at radius 1 is 1.47 bits per heavy atom. The quantitative estimate of drug-likeness (QED) is 0.789. The minimum Gasteiger partial charge on any atom is -0.481 e. The lowest BCUT2D eigenvalue weighted by molar-refractivity contribution is -0.192. The molecule has 17 heavy (non-hydrogen) atoms. The van der Waals surface area contributed by atoms with Gasteiger partial charge in [0.25, 0.3) is 0 Å². The van der Waals surface area contributed by atoms with Gasteiger partial charge in [0.15, 0.2) is 5.92 Å². The van der Waals surface area contributed by atoms with Crippen LogP contribution in [0.15, 0.2) is 0 Å². The number of hydrogen-bond donors (Lipinski definition) is 2. The Labute approximate surface area is 96.1 Å². The second-order valence-electron chi connectivity index (χ2n) is 4.56. The second-order valence-corrected chi connectivity index (χ2v) is 4.56. The summed E-state index contributed by atoms with van der Waals surface area (Å²) in [6.45, 7) is -0.587. The maximum absolute atomic E-state index is 12.4. The average molecular weight is 253 g/mol. The van der Waals surface area contributed by atoms with E-state index >= 15 is 0 Å². The van der Waals surface area contributed by atoms with E-state index in [2.05, 4.69) is 5.32 Å². The monoisotopic (exact) mass is 253 g/mol. The molecule has 0 aromatic rings. The maximum atomic E-state index is 12.4. The van der Waals surface area contributed by atoms with Gasteiger partial charge in [0.2, 0.25) is 0 Å². The minimum absolute atomic E-state index is 0.0531. The van der Waals surface area contributed by atoms with Crippen molar-refractivity contribution in [3.63, 3.8) is 0 Å². The molecule has 0 radical (unpaired) electrons. The van der Waals surface area contributed by atoms with E-state index in [0.29, 0.717) is 6.42 Å². The van der Waals surface area contributed by atoms with Crippen molar-refractivity contribution in [2.24, 2.45) is 5.92 Å². The van der Waals surface area contributed by atoms with Crippen LogP contribution in [0.2, 0.25) is 0 Å². The average Bonchev–Trinajstić information content (AvgIpc) is 2.76. The zero-order valence-electron chi connectivity index (χ0n) is 9.04. The number of ether oxygens (including phenoxy) is 1. The van der Waals surface area contributed by atoms with Crippen LogP contribution < -0.4 is 5.32 Å². The van der Waals surface area contributed by atoms with Crippen molar-refractivity contribution in [1.82, 2.24) is 5.32 Å². The largest absolute Gasteiger partial charge is 0.481 e. The third-order valence-electron chi connectivity index (χ3n) is 3.38. The molecule has 4 unspecified atom stereocenters. The molecule has 0 spiro atoms. The summed E-state index contributed by atoms with van der Waals surface area (Å²) < 4.78 is 42.6. The van der Waals surface area contributed by atoms with E-state index in [9.17, 15) is 18.0 Å². The number of hydrogen-bond acceptors (Lipinski definition) is 3. The highest BCUT2D eigenvalue weighted by Gasteiger charge is 2.47. The molecule has 2 aliphatic rings. The Bertz CT molecular complexity index is 308. The number of halogens is 3. The van der Waals surface area contributed by atoms with Crippen LogP contribution in [0.1, 0.15) is 19.3 Å². The van der Waals surface area contributed by atoms with Crippen LogP contribution in [0.25, 0.3) is 0 Å². The van der Waals surface area contributed by atoms with Crippen molar-refractivity contribution in [3.05, 3.63) is 0 Å². The van der Waals surface area contributed by atoms with Crippen molar-refractivity contribution in [3.8, 4) is 0 Å². The van der Waals surface area contributed by atoms with Gasteiger partial charge in [-0.25, -0.2) is 0 Å². The number of fused-ring (bicyclic) bond motifs is 2. The minimum atomic E-state index is -4.71. The van der Waals surface area contributed by atoms with Crippen LogP contribution in [0.3, 0.4) is 0 Å². The molecule has 2 N–H and O–H groups in total. The molecule has 4 nitrogen and oxygen atoms in total. The Balaban J connectivity index is 1.86. The Morgan fingerprint density at radius 2 is 2.18 bits per heavy atom. The van der Waals surface area contributed by atoms with Crippen LogP contribution in [-0.4, -0.2) is 42.0 Å². The molecule has 2 aliphatic heterocycles. The van der Waals surface area contributed by atoms with Gasteiger partial charge < -0.3 is 15.2 Å². The summed E-state index contributed by atoms with van der Waals surface area (Å²) in [5.74, 6) is -4.18. The van der Waals surface area contributed by atoms with Gasteiger partial charge in [-0.05, 0) is 19.3 Å². The molecule has 7 heteroatoms. The first kappa shape index (κ1) is 12.6. The van der Waals surface area contributed by atoms with Crippen molar-refractivity contribution in [2.75, 3.05) is 6.54 Å². The second kappa shape index (κ2) is 4.45. The van der Waals surface area contributed by atoms with Gasteiger partial charge in [0.1, 0.15) is 0 Å². The highest BCUT2D eigenvalue weighted by atomic mass is 19.4. The van der Waals surface area contributed by atoms with E-state index in [1.54, 1.807) is 0 Å². The number of nitrogens with one attached hydrogen (secondary N) is 1. The highest BCUT2D eigenvalue weighted by molar-refractivity contribution is 5.71. The van der Waals surface area contributed by atoms with E-state index in [4.69, 9.17) is 9.84 Å². The van der Waals surface area contributed by atoms with Crippen molar-refractivity contribution in [2.45, 2.75) is 43.7 Å². The molecule has 98 valence electrons. The molecule has 0 saturated carbocycles. The molecule has 4 atom stereocenters. The first-order valence-corrected chi connectivity index (χ1v) is 5.56. The number of carbonyl (C=O) groups is 1. The number of rotatable bonds is 4. The zero-order chi connectivity index (χ0) is 12.6. The van der Waals surface area contributed by atoms with Gasteiger partial charge in [-0.1, -0.05) is 0 Å². The fourth-order valence-corrected chi connectivity index (χ4v) is 2.46. The number of carboxylic acid groups (broad SMARTS) is 1. The molecule has 2 rings (SSSR count). The molecular weight excluding hydrogens is 239 g/mol. The lowest BCUT2D eigenvalue weighted by atomic mass is 9.95. The van der Waals surface area contributed by atoms with Gasteiger partial charge in [-0.2, -0.15) is 13.2 Å². The van der Waals surface area contributed by atoms with E-state index in [0.717, 1.165) is 12.8 Å². The van der Waals surface area contributed by atoms with Gasteiger partial charge in [-0.15, -0.1) is 0 Å². The van der Waals surface area contributed by atoms with Crippen molar-refractivity contribution in [1.29, 1.82) is 0 Å². The summed E-state index contributed by atoms with van der Waals surface area (Å²) in [5.41, 5.74) is 0. The molecule has 0 aliphatic carbocycles. The Morgan fingerprint density at radius 3 is 2.59 bits per heavy atom. The standard InChI is InChI=1S/C10H14F3NO3/c11-10(12,13)6(9(15)16)4-14-7-3-5-1-2-8(7)17-5/h5-8,14H,1-4H2,(H,15,16). The molecule has 0 aromatic heterocycles. The predicted octanol–water partition coefficient (Wildman–Crippen LogP) is 1.16. The lowest BCUT2D eigenvalue weighted by Gasteiger charge is -2.23.